The van der Waals surface area contributed by atoms with Crippen LogP contribution in [0.3, 0.4) is 0 Å². The minimum Gasteiger partial charge on any atom is -0.366 e. The lowest BCUT2D eigenvalue weighted by Gasteiger charge is -2.40. The number of nitrogens with two attached hydrogens (primary N) is 1. The highest BCUT2D eigenvalue weighted by atomic mass is 19.1. The first kappa shape index (κ1) is 14.8. The highest BCUT2D eigenvalue weighted by molar-refractivity contribution is 5.52. The van der Waals surface area contributed by atoms with Crippen molar-refractivity contribution in [3.05, 3.63) is 29.6 Å². The predicted octanol–water partition coefficient (Wildman–Crippen LogP) is 3.04. The van der Waals surface area contributed by atoms with Gasteiger partial charge in [-0.1, -0.05) is 12.8 Å². The van der Waals surface area contributed by atoms with Gasteiger partial charge in [0.25, 0.3) is 0 Å². The fourth-order valence-corrected chi connectivity index (χ4v) is 3.27. The largest absolute Gasteiger partial charge is 0.366 e. The van der Waals surface area contributed by atoms with Gasteiger partial charge in [0, 0.05) is 12.6 Å². The van der Waals surface area contributed by atoms with Gasteiger partial charge in [0.2, 0.25) is 0 Å². The second-order valence-corrected chi connectivity index (χ2v) is 5.41. The van der Waals surface area contributed by atoms with Gasteiger partial charge in [-0.2, -0.15) is 5.26 Å². The standard InChI is InChI=1S/C16H22FN3/c1-2-20(15-6-4-3-5-13(15)11-19)16-8-7-12(10-18)9-14(16)17/h7-9,13,15H,2-6,11,19H2,1H3. The van der Waals surface area contributed by atoms with Crippen molar-refractivity contribution in [2.45, 2.75) is 38.6 Å². The number of hydrogen-bond acceptors (Lipinski definition) is 3. The van der Waals surface area contributed by atoms with E-state index in [0.29, 0.717) is 29.8 Å². The Morgan fingerprint density at radius 2 is 2.15 bits per heavy atom. The zero-order valence-electron chi connectivity index (χ0n) is 12.0. The van der Waals surface area contributed by atoms with E-state index in [4.69, 9.17) is 11.0 Å². The third-order valence-corrected chi connectivity index (χ3v) is 4.30. The number of rotatable bonds is 4. The second kappa shape index (κ2) is 6.71. The van der Waals surface area contributed by atoms with Gasteiger partial charge in [0.15, 0.2) is 0 Å². The van der Waals surface area contributed by atoms with Crippen LogP contribution in [0.4, 0.5) is 10.1 Å². The molecule has 0 heterocycles. The van der Waals surface area contributed by atoms with Crippen LogP contribution >= 0.6 is 0 Å². The summed E-state index contributed by atoms with van der Waals surface area (Å²) in [5, 5.41) is 8.83. The third kappa shape index (κ3) is 2.94. The maximum atomic E-state index is 14.2. The zero-order valence-corrected chi connectivity index (χ0v) is 12.0. The molecule has 20 heavy (non-hydrogen) atoms. The molecule has 1 aliphatic carbocycles. The summed E-state index contributed by atoms with van der Waals surface area (Å²) < 4.78 is 14.2. The molecule has 1 saturated carbocycles. The minimum atomic E-state index is -0.313. The van der Waals surface area contributed by atoms with Gasteiger partial charge >= 0.3 is 0 Å². The molecule has 0 aliphatic heterocycles. The summed E-state index contributed by atoms with van der Waals surface area (Å²) in [5.74, 6) is 0.117. The van der Waals surface area contributed by atoms with Crippen molar-refractivity contribution in [1.29, 1.82) is 5.26 Å². The minimum absolute atomic E-state index is 0.307. The maximum absolute atomic E-state index is 14.2. The van der Waals surface area contributed by atoms with Crippen LogP contribution in [-0.4, -0.2) is 19.1 Å². The highest BCUT2D eigenvalue weighted by Gasteiger charge is 2.29. The van der Waals surface area contributed by atoms with Crippen LogP contribution in [0, 0.1) is 23.1 Å². The first-order valence-corrected chi connectivity index (χ1v) is 7.37. The van der Waals surface area contributed by atoms with Gasteiger partial charge in [-0.25, -0.2) is 4.39 Å². The molecule has 0 amide bonds. The molecule has 0 radical (unpaired) electrons. The van der Waals surface area contributed by atoms with E-state index in [1.54, 1.807) is 12.1 Å². The van der Waals surface area contributed by atoms with Crippen LogP contribution in [0.5, 0.6) is 0 Å². The third-order valence-electron chi connectivity index (χ3n) is 4.30. The van der Waals surface area contributed by atoms with Gasteiger partial charge in [0.05, 0.1) is 17.3 Å². The lowest BCUT2D eigenvalue weighted by Crippen LogP contribution is -2.45. The molecular formula is C16H22FN3. The first-order chi connectivity index (χ1) is 9.71. The summed E-state index contributed by atoms with van der Waals surface area (Å²) >= 11 is 0. The van der Waals surface area contributed by atoms with Crippen molar-refractivity contribution < 1.29 is 4.39 Å². The van der Waals surface area contributed by atoms with Gasteiger partial charge in [-0.3, -0.25) is 0 Å². The second-order valence-electron chi connectivity index (χ2n) is 5.41. The molecular weight excluding hydrogens is 253 g/mol. The smallest absolute Gasteiger partial charge is 0.147 e. The topological polar surface area (TPSA) is 53.0 Å². The average molecular weight is 275 g/mol. The summed E-state index contributed by atoms with van der Waals surface area (Å²) in [5.41, 5.74) is 6.84. The van der Waals surface area contributed by atoms with Crippen molar-refractivity contribution in [1.82, 2.24) is 0 Å². The predicted molar refractivity (Wildman–Crippen MR) is 78.9 cm³/mol. The number of halogens is 1. The van der Waals surface area contributed by atoms with Crippen molar-refractivity contribution in [2.75, 3.05) is 18.0 Å². The van der Waals surface area contributed by atoms with Crippen LogP contribution in [0.15, 0.2) is 18.2 Å². The molecule has 1 aromatic rings. The van der Waals surface area contributed by atoms with Crippen LogP contribution < -0.4 is 10.6 Å². The van der Waals surface area contributed by atoms with E-state index in [0.717, 1.165) is 19.4 Å². The fraction of sp³-hybridized carbons (Fsp3) is 0.562. The maximum Gasteiger partial charge on any atom is 0.147 e. The molecule has 2 rings (SSSR count). The number of nitriles is 1. The van der Waals surface area contributed by atoms with Crippen molar-refractivity contribution >= 4 is 5.69 Å². The summed E-state index contributed by atoms with van der Waals surface area (Å²) in [6.07, 6.45) is 4.58. The normalized spacial score (nSPS) is 22.3. The summed E-state index contributed by atoms with van der Waals surface area (Å²) in [6.45, 7) is 3.45. The molecule has 0 bridgehead atoms. The molecule has 0 spiro atoms. The molecule has 0 saturated heterocycles. The summed E-state index contributed by atoms with van der Waals surface area (Å²) in [6, 6.07) is 7.00. The van der Waals surface area contributed by atoms with E-state index in [9.17, 15) is 4.39 Å². The Balaban J connectivity index is 2.29. The van der Waals surface area contributed by atoms with E-state index in [1.807, 2.05) is 13.0 Å². The molecule has 3 nitrogen and oxygen atoms in total. The van der Waals surface area contributed by atoms with Crippen molar-refractivity contribution in [3.63, 3.8) is 0 Å². The number of anilines is 1. The Labute approximate surface area is 120 Å². The van der Waals surface area contributed by atoms with Crippen molar-refractivity contribution in [3.8, 4) is 6.07 Å². The molecule has 2 atom stereocenters. The van der Waals surface area contributed by atoms with Gasteiger partial charge in [0.1, 0.15) is 5.82 Å². The quantitative estimate of drug-likeness (QED) is 0.919. The van der Waals surface area contributed by atoms with E-state index in [2.05, 4.69) is 4.90 Å². The zero-order chi connectivity index (χ0) is 14.5. The molecule has 2 unspecified atom stereocenters. The van der Waals surface area contributed by atoms with Crippen LogP contribution in [0.1, 0.15) is 38.2 Å². The van der Waals surface area contributed by atoms with E-state index in [1.165, 1.54) is 18.9 Å². The number of benzene rings is 1. The Kier molecular flexibility index (Phi) is 4.97. The molecule has 108 valence electrons. The Morgan fingerprint density at radius 1 is 1.40 bits per heavy atom. The SMILES string of the molecule is CCN(c1ccc(C#N)cc1F)C1CCCCC1CN. The Morgan fingerprint density at radius 3 is 2.75 bits per heavy atom. The van der Waals surface area contributed by atoms with E-state index >= 15 is 0 Å². The van der Waals surface area contributed by atoms with E-state index < -0.39 is 0 Å². The van der Waals surface area contributed by atoms with Crippen molar-refractivity contribution in [2.24, 2.45) is 11.7 Å². The lowest BCUT2D eigenvalue weighted by molar-refractivity contribution is 0.299. The van der Waals surface area contributed by atoms with Crippen LogP contribution in [0.2, 0.25) is 0 Å². The molecule has 1 aromatic carbocycles. The monoisotopic (exact) mass is 275 g/mol. The highest BCUT2D eigenvalue weighted by Crippen LogP contribution is 2.32. The van der Waals surface area contributed by atoms with Gasteiger partial charge in [-0.05, 0) is 50.4 Å². The van der Waals surface area contributed by atoms with E-state index in [-0.39, 0.29) is 5.82 Å². The van der Waals surface area contributed by atoms with Gasteiger partial charge < -0.3 is 10.6 Å². The lowest BCUT2D eigenvalue weighted by atomic mass is 9.83. The van der Waals surface area contributed by atoms with Crippen LogP contribution in [-0.2, 0) is 0 Å². The van der Waals surface area contributed by atoms with Gasteiger partial charge in [-0.15, -0.1) is 0 Å². The Bertz CT molecular complexity index is 495. The first-order valence-electron chi connectivity index (χ1n) is 7.37. The molecule has 0 aromatic heterocycles. The summed E-state index contributed by atoms with van der Waals surface area (Å²) in [7, 11) is 0. The Hall–Kier alpha value is -1.60. The fourth-order valence-electron chi connectivity index (χ4n) is 3.27. The number of hydrogen-bond donors (Lipinski definition) is 1. The molecule has 1 aliphatic rings. The summed E-state index contributed by atoms with van der Waals surface area (Å²) in [4.78, 5) is 2.12. The molecule has 2 N–H and O–H groups in total. The average Bonchev–Trinajstić information content (AvgIpc) is 2.50. The molecule has 4 heteroatoms. The number of nitrogens with zero attached hydrogens (tertiary/aromatic N) is 2. The van der Waals surface area contributed by atoms with Crippen LogP contribution in [0.25, 0.3) is 0 Å². The molecule has 1 fully saturated rings.